The summed E-state index contributed by atoms with van der Waals surface area (Å²) in [5, 5.41) is 9.29. The number of ether oxygens (including phenoxy) is 1. The zero-order valence-corrected chi connectivity index (χ0v) is 19.9. The first-order chi connectivity index (χ1) is 17.9. The minimum absolute atomic E-state index is 0.0114. The van der Waals surface area contributed by atoms with Gasteiger partial charge in [-0.15, -0.1) is 0 Å². The number of carboxylic acid groups (broad SMARTS) is 1. The molecule has 2 amide bonds. The van der Waals surface area contributed by atoms with Gasteiger partial charge < -0.3 is 14.8 Å². The number of fused-ring (bicyclic) bond motifs is 2. The van der Waals surface area contributed by atoms with Gasteiger partial charge in [0.05, 0.1) is 16.7 Å². The molecule has 9 nitrogen and oxygen atoms in total. The number of carbonyl (C=O) groups is 3. The number of nitrogens with one attached hydrogen (secondary N) is 1. The molecule has 4 aromatic rings. The van der Waals surface area contributed by atoms with Gasteiger partial charge in [0.15, 0.2) is 0 Å². The Labute approximate surface area is 213 Å². The average Bonchev–Trinajstić information content (AvgIpc) is 3.41. The molecule has 1 unspecified atom stereocenters. The molecule has 0 aliphatic carbocycles. The number of esters is 1. The third kappa shape index (κ3) is 3.72. The summed E-state index contributed by atoms with van der Waals surface area (Å²) in [6.07, 6.45) is -6.65. The van der Waals surface area contributed by atoms with Crippen LogP contribution in [-0.4, -0.2) is 46.3 Å². The molecule has 3 aromatic carbocycles. The van der Waals surface area contributed by atoms with Crippen LogP contribution in [0.2, 0.25) is 0 Å². The summed E-state index contributed by atoms with van der Waals surface area (Å²) in [4.78, 5) is 46.5. The number of para-hydroxylation sites is 1. The molecule has 12 heteroatoms. The Morgan fingerprint density at radius 3 is 2.45 bits per heavy atom. The number of H-pyrrole nitrogens is 1. The van der Waals surface area contributed by atoms with Crippen LogP contribution in [0.4, 0.5) is 29.6 Å². The smallest absolute Gasteiger partial charge is 0.465 e. The normalized spacial score (nSPS) is 17.0. The van der Waals surface area contributed by atoms with Crippen molar-refractivity contribution in [3.8, 4) is 0 Å². The van der Waals surface area contributed by atoms with Crippen molar-refractivity contribution in [1.29, 1.82) is 0 Å². The molecule has 1 aromatic heterocycles. The van der Waals surface area contributed by atoms with Crippen molar-refractivity contribution in [2.75, 3.05) is 16.8 Å². The molecule has 2 heterocycles. The number of aromatic nitrogens is 2. The maximum absolute atomic E-state index is 13.8. The second-order valence-corrected chi connectivity index (χ2v) is 8.64. The van der Waals surface area contributed by atoms with Crippen molar-refractivity contribution in [2.45, 2.75) is 18.8 Å². The number of aryl methyl sites for hydroxylation is 1. The number of aromatic amines is 1. The third-order valence-electron chi connectivity index (χ3n) is 6.33. The summed E-state index contributed by atoms with van der Waals surface area (Å²) >= 11 is 0. The number of anilines is 2. The van der Waals surface area contributed by atoms with Crippen LogP contribution in [0, 0.1) is 6.92 Å². The van der Waals surface area contributed by atoms with Crippen molar-refractivity contribution >= 4 is 40.6 Å². The van der Waals surface area contributed by atoms with Crippen LogP contribution < -0.4 is 9.80 Å². The maximum Gasteiger partial charge on any atom is 0.491 e. The molecule has 194 valence electrons. The van der Waals surface area contributed by atoms with Crippen LogP contribution >= 0.6 is 0 Å². The second kappa shape index (κ2) is 8.61. The van der Waals surface area contributed by atoms with Gasteiger partial charge in [-0.1, -0.05) is 42.5 Å². The predicted molar refractivity (Wildman–Crippen MR) is 130 cm³/mol. The number of benzene rings is 3. The molecule has 1 aliphatic heterocycles. The van der Waals surface area contributed by atoms with Crippen LogP contribution in [0.25, 0.3) is 11.0 Å². The molecule has 0 saturated heterocycles. The van der Waals surface area contributed by atoms with E-state index in [1.807, 2.05) is 0 Å². The lowest BCUT2D eigenvalue weighted by molar-refractivity contribution is -0.211. The monoisotopic (exact) mass is 524 g/mol. The van der Waals surface area contributed by atoms with E-state index in [-0.39, 0.29) is 33.8 Å². The second-order valence-electron chi connectivity index (χ2n) is 8.64. The molecule has 5 rings (SSSR count). The summed E-state index contributed by atoms with van der Waals surface area (Å²) in [7, 11) is 1.26. The highest BCUT2D eigenvalue weighted by molar-refractivity contribution is 6.13. The van der Waals surface area contributed by atoms with Crippen LogP contribution in [-0.2, 0) is 15.3 Å². The van der Waals surface area contributed by atoms with Crippen molar-refractivity contribution in [2.24, 2.45) is 0 Å². The lowest BCUT2D eigenvalue weighted by atomic mass is 9.92. The number of carbonyl (C=O) groups excluding carboxylic acids is 2. The minimum Gasteiger partial charge on any atom is -0.465 e. The Balaban J connectivity index is 1.82. The van der Waals surface area contributed by atoms with E-state index in [0.29, 0.717) is 11.1 Å². The van der Waals surface area contributed by atoms with Crippen molar-refractivity contribution in [3.63, 3.8) is 0 Å². The van der Waals surface area contributed by atoms with E-state index in [1.165, 1.54) is 43.4 Å². The molecule has 0 fully saturated rings. The van der Waals surface area contributed by atoms with Crippen molar-refractivity contribution in [1.82, 2.24) is 9.97 Å². The Bertz CT molecular complexity index is 1620. The third-order valence-corrected chi connectivity index (χ3v) is 6.33. The first-order valence-corrected chi connectivity index (χ1v) is 11.2. The van der Waals surface area contributed by atoms with Crippen molar-refractivity contribution in [3.05, 3.63) is 89.0 Å². The summed E-state index contributed by atoms with van der Waals surface area (Å²) in [5.74, 6) is -3.19. The molecular weight excluding hydrogens is 505 g/mol. The van der Waals surface area contributed by atoms with Gasteiger partial charge >= 0.3 is 18.2 Å². The molecular formula is C26H19F3N4O5. The van der Waals surface area contributed by atoms with E-state index in [9.17, 15) is 32.7 Å². The fourth-order valence-electron chi connectivity index (χ4n) is 4.53. The average molecular weight is 524 g/mol. The molecule has 1 atom stereocenters. The molecule has 2 N–H and O–H groups in total. The van der Waals surface area contributed by atoms with E-state index in [0.717, 1.165) is 9.80 Å². The van der Waals surface area contributed by atoms with Gasteiger partial charge in [0, 0.05) is 23.7 Å². The molecule has 0 bridgehead atoms. The van der Waals surface area contributed by atoms with Crippen LogP contribution in [0.15, 0.2) is 66.7 Å². The SMILES string of the molecule is Cc1ccccc1N1C(=O)c2ccccc2C1(OC(=O)C(F)(F)F)c1ccc2nc(N(C)C(=O)O)[nH]c2c1. The Kier molecular flexibility index (Phi) is 5.62. The zero-order chi connectivity index (χ0) is 27.4. The first kappa shape index (κ1) is 24.8. The Morgan fingerprint density at radius 1 is 1.08 bits per heavy atom. The lowest BCUT2D eigenvalue weighted by Gasteiger charge is -2.39. The van der Waals surface area contributed by atoms with Gasteiger partial charge in [-0.2, -0.15) is 13.2 Å². The number of alkyl halides is 3. The number of halogens is 3. The Hall–Kier alpha value is -4.87. The van der Waals surface area contributed by atoms with E-state index in [4.69, 9.17) is 4.74 Å². The van der Waals surface area contributed by atoms with E-state index in [1.54, 1.807) is 37.3 Å². The number of hydrogen-bond donors (Lipinski definition) is 2. The molecule has 0 radical (unpaired) electrons. The standard InChI is InChI=1S/C26H19F3N4O5/c1-14-7-3-6-10-20(14)33-21(34)16-8-4-5-9-17(16)25(33,38-22(35)26(27,28)29)15-11-12-18-19(13-15)31-23(30-18)32(2)24(36)37/h3-13H,1-2H3,(H,30,31)(H,36,37). The number of hydrogen-bond acceptors (Lipinski definition) is 5. The van der Waals surface area contributed by atoms with Crippen LogP contribution in [0.3, 0.4) is 0 Å². The highest BCUT2D eigenvalue weighted by Gasteiger charge is 2.58. The maximum atomic E-state index is 13.8. The largest absolute Gasteiger partial charge is 0.491 e. The van der Waals surface area contributed by atoms with Gasteiger partial charge in [0.2, 0.25) is 11.7 Å². The fourth-order valence-corrected chi connectivity index (χ4v) is 4.53. The van der Waals surface area contributed by atoms with Gasteiger partial charge in [0.1, 0.15) is 0 Å². The fraction of sp³-hybridized carbons (Fsp3) is 0.154. The quantitative estimate of drug-likeness (QED) is 0.365. The number of amides is 2. The lowest BCUT2D eigenvalue weighted by Crippen LogP contribution is -2.50. The van der Waals surface area contributed by atoms with E-state index in [2.05, 4.69) is 9.97 Å². The summed E-state index contributed by atoms with van der Waals surface area (Å²) in [5.41, 5.74) is -0.908. The number of nitrogens with zero attached hydrogens (tertiary/aromatic N) is 3. The first-order valence-electron chi connectivity index (χ1n) is 11.2. The van der Waals surface area contributed by atoms with Gasteiger partial charge in [-0.25, -0.2) is 14.6 Å². The highest BCUT2D eigenvalue weighted by atomic mass is 19.4. The van der Waals surface area contributed by atoms with E-state index < -0.39 is 29.9 Å². The minimum atomic E-state index is -5.36. The zero-order valence-electron chi connectivity index (χ0n) is 19.9. The predicted octanol–water partition coefficient (Wildman–Crippen LogP) is 4.95. The Morgan fingerprint density at radius 2 is 1.76 bits per heavy atom. The number of rotatable bonds is 4. The molecule has 1 aliphatic rings. The topological polar surface area (TPSA) is 116 Å². The molecule has 0 saturated carbocycles. The van der Waals surface area contributed by atoms with Crippen molar-refractivity contribution < 1.29 is 37.4 Å². The molecule has 0 spiro atoms. The van der Waals surface area contributed by atoms with Gasteiger partial charge in [-0.05, 0) is 36.8 Å². The summed E-state index contributed by atoms with van der Waals surface area (Å²) < 4.78 is 46.2. The highest BCUT2D eigenvalue weighted by Crippen LogP contribution is 2.49. The molecule has 38 heavy (non-hydrogen) atoms. The van der Waals surface area contributed by atoms with Gasteiger partial charge in [0.25, 0.3) is 5.91 Å². The van der Waals surface area contributed by atoms with E-state index >= 15 is 0 Å². The van der Waals surface area contributed by atoms with Crippen LogP contribution in [0.5, 0.6) is 0 Å². The summed E-state index contributed by atoms with van der Waals surface area (Å²) in [6.45, 7) is 1.67. The summed E-state index contributed by atoms with van der Waals surface area (Å²) in [6, 6.07) is 16.7. The number of imidazole rings is 1. The van der Waals surface area contributed by atoms with Gasteiger partial charge in [-0.3, -0.25) is 14.6 Å². The van der Waals surface area contributed by atoms with Crippen LogP contribution in [0.1, 0.15) is 27.0 Å².